The molecule has 2 atom stereocenters. The second kappa shape index (κ2) is 7.87. The monoisotopic (exact) mass is 297 g/mol. The number of hydrogen-bond acceptors (Lipinski definition) is 3. The summed E-state index contributed by atoms with van der Waals surface area (Å²) >= 11 is 5.75. The Bertz CT molecular complexity index is 462. The van der Waals surface area contributed by atoms with Gasteiger partial charge in [-0.3, -0.25) is 9.59 Å². The van der Waals surface area contributed by atoms with Gasteiger partial charge in [0.1, 0.15) is 0 Å². The van der Waals surface area contributed by atoms with Gasteiger partial charge in [-0.25, -0.2) is 0 Å². The summed E-state index contributed by atoms with van der Waals surface area (Å²) in [7, 11) is 0. The lowest BCUT2D eigenvalue weighted by Gasteiger charge is -2.17. The highest BCUT2D eigenvalue weighted by atomic mass is 35.5. The number of carbonyl (C=O) groups excluding carboxylic acids is 2. The highest BCUT2D eigenvalue weighted by Gasteiger charge is 2.19. The predicted molar refractivity (Wildman–Crippen MR) is 80.5 cm³/mol. The molecule has 0 saturated heterocycles. The Labute approximate surface area is 123 Å². The third kappa shape index (κ3) is 5.19. The SMILES string of the molecule is CCC(C)C(N)C(=O)NCC(=O)Nc1ccc(Cl)cc1. The normalized spacial score (nSPS) is 13.4. The van der Waals surface area contributed by atoms with Crippen LogP contribution in [0.4, 0.5) is 5.69 Å². The lowest BCUT2D eigenvalue weighted by atomic mass is 9.99. The maximum Gasteiger partial charge on any atom is 0.243 e. The summed E-state index contributed by atoms with van der Waals surface area (Å²) in [5.74, 6) is -0.544. The largest absolute Gasteiger partial charge is 0.346 e. The predicted octanol–water partition coefficient (Wildman–Crippen LogP) is 1.77. The highest BCUT2D eigenvalue weighted by Crippen LogP contribution is 2.13. The van der Waals surface area contributed by atoms with Crippen LogP contribution in [0.25, 0.3) is 0 Å². The Hall–Kier alpha value is -1.59. The van der Waals surface area contributed by atoms with Gasteiger partial charge in [0.15, 0.2) is 0 Å². The van der Waals surface area contributed by atoms with Crippen LogP contribution < -0.4 is 16.4 Å². The van der Waals surface area contributed by atoms with E-state index < -0.39 is 6.04 Å². The van der Waals surface area contributed by atoms with Crippen molar-refractivity contribution in [2.45, 2.75) is 26.3 Å². The van der Waals surface area contributed by atoms with Crippen LogP contribution in [0.3, 0.4) is 0 Å². The molecule has 4 N–H and O–H groups in total. The molecule has 110 valence electrons. The van der Waals surface area contributed by atoms with E-state index in [1.807, 2.05) is 13.8 Å². The van der Waals surface area contributed by atoms with E-state index in [0.29, 0.717) is 10.7 Å². The minimum atomic E-state index is -0.594. The second-order valence-corrected chi connectivity index (χ2v) is 5.12. The number of benzene rings is 1. The molecule has 0 fully saturated rings. The van der Waals surface area contributed by atoms with E-state index in [2.05, 4.69) is 10.6 Å². The molecule has 1 rings (SSSR count). The zero-order valence-electron chi connectivity index (χ0n) is 11.7. The standard InChI is InChI=1S/C14H20ClN3O2/c1-3-9(2)13(16)14(20)17-8-12(19)18-11-6-4-10(15)5-7-11/h4-7,9,13H,3,8,16H2,1-2H3,(H,17,20)(H,18,19). The van der Waals surface area contributed by atoms with Gasteiger partial charge in [0.05, 0.1) is 12.6 Å². The molecule has 0 heterocycles. The molecule has 1 aromatic carbocycles. The molecule has 20 heavy (non-hydrogen) atoms. The van der Waals surface area contributed by atoms with Crippen molar-refractivity contribution in [2.75, 3.05) is 11.9 Å². The number of nitrogens with two attached hydrogens (primary N) is 1. The first-order chi connectivity index (χ1) is 9.43. The molecule has 0 spiro atoms. The van der Waals surface area contributed by atoms with Crippen LogP contribution in [-0.4, -0.2) is 24.4 Å². The van der Waals surface area contributed by atoms with Crippen molar-refractivity contribution in [3.05, 3.63) is 29.3 Å². The maximum atomic E-state index is 11.7. The van der Waals surface area contributed by atoms with E-state index in [1.54, 1.807) is 24.3 Å². The lowest BCUT2D eigenvalue weighted by molar-refractivity contribution is -0.125. The van der Waals surface area contributed by atoms with Crippen LogP contribution in [-0.2, 0) is 9.59 Å². The van der Waals surface area contributed by atoms with E-state index in [9.17, 15) is 9.59 Å². The third-order valence-electron chi connectivity index (χ3n) is 3.11. The Morgan fingerprint density at radius 3 is 2.45 bits per heavy atom. The summed E-state index contributed by atoms with van der Waals surface area (Å²) < 4.78 is 0. The summed E-state index contributed by atoms with van der Waals surface area (Å²) in [5, 5.41) is 5.77. The number of hydrogen-bond donors (Lipinski definition) is 3. The first-order valence-corrected chi connectivity index (χ1v) is 6.90. The number of halogens is 1. The molecule has 0 aromatic heterocycles. The smallest absolute Gasteiger partial charge is 0.243 e. The molecular weight excluding hydrogens is 278 g/mol. The van der Waals surface area contributed by atoms with Crippen LogP contribution >= 0.6 is 11.6 Å². The molecule has 0 radical (unpaired) electrons. The Morgan fingerprint density at radius 1 is 1.30 bits per heavy atom. The van der Waals surface area contributed by atoms with Gasteiger partial charge in [-0.05, 0) is 30.2 Å². The summed E-state index contributed by atoms with van der Waals surface area (Å²) in [4.78, 5) is 23.4. The van der Waals surface area contributed by atoms with Crippen molar-refractivity contribution >= 4 is 29.1 Å². The molecular formula is C14H20ClN3O2. The number of nitrogens with one attached hydrogen (secondary N) is 2. The maximum absolute atomic E-state index is 11.7. The highest BCUT2D eigenvalue weighted by molar-refractivity contribution is 6.30. The first kappa shape index (κ1) is 16.5. The third-order valence-corrected chi connectivity index (χ3v) is 3.36. The van der Waals surface area contributed by atoms with Crippen LogP contribution in [0.1, 0.15) is 20.3 Å². The van der Waals surface area contributed by atoms with Crippen LogP contribution in [0.15, 0.2) is 24.3 Å². The molecule has 0 aliphatic rings. The molecule has 2 unspecified atom stereocenters. The van der Waals surface area contributed by atoms with Crippen molar-refractivity contribution < 1.29 is 9.59 Å². The van der Waals surface area contributed by atoms with E-state index in [-0.39, 0.29) is 24.3 Å². The number of anilines is 1. The minimum absolute atomic E-state index is 0.0781. The van der Waals surface area contributed by atoms with Gasteiger partial charge in [0.25, 0.3) is 0 Å². The topological polar surface area (TPSA) is 84.2 Å². The van der Waals surface area contributed by atoms with Gasteiger partial charge < -0.3 is 16.4 Å². The molecule has 0 saturated carbocycles. The zero-order valence-corrected chi connectivity index (χ0v) is 12.4. The minimum Gasteiger partial charge on any atom is -0.346 e. The quantitative estimate of drug-likeness (QED) is 0.748. The molecule has 1 aromatic rings. The first-order valence-electron chi connectivity index (χ1n) is 6.52. The van der Waals surface area contributed by atoms with E-state index in [1.165, 1.54) is 0 Å². The fraction of sp³-hybridized carbons (Fsp3) is 0.429. The number of carbonyl (C=O) groups is 2. The fourth-order valence-electron chi connectivity index (χ4n) is 1.54. The molecule has 0 bridgehead atoms. The van der Waals surface area contributed by atoms with Gasteiger partial charge in [0, 0.05) is 10.7 Å². The number of rotatable bonds is 6. The van der Waals surface area contributed by atoms with E-state index in [0.717, 1.165) is 6.42 Å². The zero-order chi connectivity index (χ0) is 15.1. The summed E-state index contributed by atoms with van der Waals surface area (Å²) in [6, 6.07) is 6.13. The fourth-order valence-corrected chi connectivity index (χ4v) is 1.66. The van der Waals surface area contributed by atoms with Gasteiger partial charge in [-0.2, -0.15) is 0 Å². The average molecular weight is 298 g/mol. The van der Waals surface area contributed by atoms with E-state index >= 15 is 0 Å². The van der Waals surface area contributed by atoms with Crippen molar-refractivity contribution in [1.82, 2.24) is 5.32 Å². The van der Waals surface area contributed by atoms with E-state index in [4.69, 9.17) is 17.3 Å². The van der Waals surface area contributed by atoms with Gasteiger partial charge >= 0.3 is 0 Å². The molecule has 2 amide bonds. The van der Waals surface area contributed by atoms with Crippen molar-refractivity contribution in [3.63, 3.8) is 0 Å². The van der Waals surface area contributed by atoms with Crippen molar-refractivity contribution in [1.29, 1.82) is 0 Å². The lowest BCUT2D eigenvalue weighted by Crippen LogP contribution is -2.46. The van der Waals surface area contributed by atoms with Crippen LogP contribution in [0.2, 0.25) is 5.02 Å². The molecule has 6 heteroatoms. The second-order valence-electron chi connectivity index (χ2n) is 4.68. The average Bonchev–Trinajstić information content (AvgIpc) is 2.45. The Balaban J connectivity index is 2.40. The number of amides is 2. The van der Waals surface area contributed by atoms with Gasteiger partial charge in [0.2, 0.25) is 11.8 Å². The van der Waals surface area contributed by atoms with Crippen molar-refractivity contribution in [3.8, 4) is 0 Å². The molecule has 5 nitrogen and oxygen atoms in total. The summed E-state index contributed by atoms with van der Waals surface area (Å²) in [6.45, 7) is 3.76. The van der Waals surface area contributed by atoms with Gasteiger partial charge in [-0.15, -0.1) is 0 Å². The summed E-state index contributed by atoms with van der Waals surface area (Å²) in [5.41, 5.74) is 6.39. The van der Waals surface area contributed by atoms with Gasteiger partial charge in [-0.1, -0.05) is 31.9 Å². The van der Waals surface area contributed by atoms with Crippen LogP contribution in [0.5, 0.6) is 0 Å². The van der Waals surface area contributed by atoms with Crippen molar-refractivity contribution in [2.24, 2.45) is 11.7 Å². The molecule has 0 aliphatic carbocycles. The Kier molecular flexibility index (Phi) is 6.48. The molecule has 0 aliphatic heterocycles. The summed E-state index contributed by atoms with van der Waals surface area (Å²) in [6.07, 6.45) is 0.811. The van der Waals surface area contributed by atoms with Crippen LogP contribution in [0, 0.1) is 5.92 Å². The Morgan fingerprint density at radius 2 is 1.90 bits per heavy atom.